The Morgan fingerprint density at radius 1 is 1.40 bits per heavy atom. The van der Waals surface area contributed by atoms with Crippen LogP contribution in [0, 0.1) is 0 Å². The average molecular weight is 294 g/mol. The van der Waals surface area contributed by atoms with Gasteiger partial charge in [-0.2, -0.15) is 0 Å². The Kier molecular flexibility index (Phi) is 6.24. The molecule has 0 aromatic carbocycles. The molecule has 0 aliphatic rings. The van der Waals surface area contributed by atoms with Gasteiger partial charge >= 0.3 is 0 Å². The van der Waals surface area contributed by atoms with Gasteiger partial charge in [-0.1, -0.05) is 0 Å². The number of furan rings is 1. The molecule has 2 aromatic rings. The second-order valence-corrected chi connectivity index (χ2v) is 5.82. The number of hydrogen-bond acceptors (Lipinski definition) is 5. The Bertz CT molecular complexity index is 480. The van der Waals surface area contributed by atoms with Crippen LogP contribution in [-0.4, -0.2) is 30.8 Å². The lowest BCUT2D eigenvalue weighted by atomic mass is 10.3. The molecule has 2 heterocycles. The van der Waals surface area contributed by atoms with Gasteiger partial charge in [0.1, 0.15) is 5.69 Å². The zero-order valence-electron chi connectivity index (χ0n) is 12.1. The van der Waals surface area contributed by atoms with Gasteiger partial charge in [-0.3, -0.25) is 0 Å². The molecule has 0 atom stereocenters. The largest absolute Gasteiger partial charge is 0.463 e. The molecule has 0 saturated heterocycles. The van der Waals surface area contributed by atoms with Crippen molar-refractivity contribution >= 4 is 11.3 Å². The summed E-state index contributed by atoms with van der Waals surface area (Å²) in [5.41, 5.74) is 0.931. The predicted octanol–water partition coefficient (Wildman–Crippen LogP) is 3.35. The summed E-state index contributed by atoms with van der Waals surface area (Å²) in [6.07, 6.45) is 4.00. The number of nitrogens with one attached hydrogen (secondary N) is 1. The first kappa shape index (κ1) is 15.2. The van der Waals surface area contributed by atoms with Gasteiger partial charge in [-0.25, -0.2) is 4.98 Å². The van der Waals surface area contributed by atoms with E-state index in [0.717, 1.165) is 49.0 Å². The Labute approximate surface area is 124 Å². The minimum atomic E-state index is 0.324. The molecule has 0 bridgehead atoms. The summed E-state index contributed by atoms with van der Waals surface area (Å²) >= 11 is 1.68. The van der Waals surface area contributed by atoms with Crippen LogP contribution >= 0.6 is 11.3 Å². The molecule has 5 heteroatoms. The number of hydrogen-bond donors (Lipinski definition) is 1. The van der Waals surface area contributed by atoms with Gasteiger partial charge in [0.15, 0.2) is 5.76 Å². The fraction of sp³-hybridized carbons (Fsp3) is 0.533. The molecule has 2 aromatic heterocycles. The Morgan fingerprint density at radius 2 is 2.30 bits per heavy atom. The van der Waals surface area contributed by atoms with E-state index in [1.165, 1.54) is 0 Å². The topological polar surface area (TPSA) is 47.3 Å². The summed E-state index contributed by atoms with van der Waals surface area (Å²) in [6, 6.07) is 3.82. The molecule has 0 unspecified atom stereocenters. The summed E-state index contributed by atoms with van der Waals surface area (Å²) in [5.74, 6) is 0.839. The molecule has 0 amide bonds. The van der Waals surface area contributed by atoms with E-state index in [0.29, 0.717) is 6.10 Å². The van der Waals surface area contributed by atoms with Crippen LogP contribution < -0.4 is 5.32 Å². The SMILES string of the molecule is CC(C)OCCCNCCc1nc(-c2ccco2)cs1. The van der Waals surface area contributed by atoms with Crippen molar-refractivity contribution in [3.63, 3.8) is 0 Å². The van der Waals surface area contributed by atoms with Gasteiger partial charge in [-0.05, 0) is 38.9 Å². The fourth-order valence-electron chi connectivity index (χ4n) is 1.80. The molecule has 4 nitrogen and oxygen atoms in total. The number of thiazole rings is 1. The van der Waals surface area contributed by atoms with Crippen LogP contribution in [0.4, 0.5) is 0 Å². The highest BCUT2D eigenvalue weighted by molar-refractivity contribution is 7.09. The van der Waals surface area contributed by atoms with Crippen LogP contribution in [-0.2, 0) is 11.2 Å². The van der Waals surface area contributed by atoms with Crippen molar-refractivity contribution < 1.29 is 9.15 Å². The lowest BCUT2D eigenvalue weighted by Gasteiger charge is -2.07. The minimum absolute atomic E-state index is 0.324. The summed E-state index contributed by atoms with van der Waals surface area (Å²) < 4.78 is 10.8. The van der Waals surface area contributed by atoms with Crippen molar-refractivity contribution in [3.05, 3.63) is 28.8 Å². The van der Waals surface area contributed by atoms with Gasteiger partial charge in [0.2, 0.25) is 0 Å². The maximum atomic E-state index is 5.49. The number of ether oxygens (including phenoxy) is 1. The summed E-state index contributed by atoms with van der Waals surface area (Å²) in [4.78, 5) is 4.57. The van der Waals surface area contributed by atoms with Crippen LogP contribution in [0.15, 0.2) is 28.2 Å². The van der Waals surface area contributed by atoms with Gasteiger partial charge < -0.3 is 14.5 Å². The zero-order valence-corrected chi connectivity index (χ0v) is 12.9. The number of rotatable bonds is 9. The third-order valence-corrected chi connectivity index (χ3v) is 3.70. The second-order valence-electron chi connectivity index (χ2n) is 4.88. The van der Waals surface area contributed by atoms with Crippen LogP contribution in [0.5, 0.6) is 0 Å². The smallest absolute Gasteiger partial charge is 0.153 e. The molecule has 0 fully saturated rings. The fourth-order valence-corrected chi connectivity index (χ4v) is 2.59. The first-order valence-corrected chi connectivity index (χ1v) is 7.94. The minimum Gasteiger partial charge on any atom is -0.463 e. The van der Waals surface area contributed by atoms with E-state index in [2.05, 4.69) is 24.1 Å². The van der Waals surface area contributed by atoms with Crippen molar-refractivity contribution in [2.45, 2.75) is 32.8 Å². The molecule has 2 rings (SSSR count). The van der Waals surface area contributed by atoms with Crippen LogP contribution in [0.3, 0.4) is 0 Å². The van der Waals surface area contributed by atoms with Gasteiger partial charge in [0, 0.05) is 25.0 Å². The predicted molar refractivity (Wildman–Crippen MR) is 82.1 cm³/mol. The normalized spacial score (nSPS) is 11.3. The van der Waals surface area contributed by atoms with Crippen molar-refractivity contribution in [3.8, 4) is 11.5 Å². The van der Waals surface area contributed by atoms with E-state index in [-0.39, 0.29) is 0 Å². The summed E-state index contributed by atoms with van der Waals surface area (Å²) in [5, 5.41) is 6.60. The third kappa shape index (κ3) is 5.07. The van der Waals surface area contributed by atoms with E-state index >= 15 is 0 Å². The lowest BCUT2D eigenvalue weighted by Crippen LogP contribution is -2.20. The molecule has 110 valence electrons. The summed E-state index contributed by atoms with van der Waals surface area (Å²) in [7, 11) is 0. The molecule has 0 saturated carbocycles. The van der Waals surface area contributed by atoms with Crippen molar-refractivity contribution in [1.82, 2.24) is 10.3 Å². The summed E-state index contributed by atoms with van der Waals surface area (Å²) in [6.45, 7) is 6.89. The molecule has 0 radical (unpaired) electrons. The van der Waals surface area contributed by atoms with Crippen molar-refractivity contribution in [2.75, 3.05) is 19.7 Å². The second kappa shape index (κ2) is 8.19. The zero-order chi connectivity index (χ0) is 14.2. The van der Waals surface area contributed by atoms with Crippen LogP contribution in [0.1, 0.15) is 25.3 Å². The van der Waals surface area contributed by atoms with E-state index < -0.39 is 0 Å². The first-order chi connectivity index (χ1) is 9.75. The van der Waals surface area contributed by atoms with Crippen LogP contribution in [0.2, 0.25) is 0 Å². The third-order valence-electron chi connectivity index (χ3n) is 2.79. The molecule has 0 spiro atoms. The first-order valence-electron chi connectivity index (χ1n) is 7.06. The van der Waals surface area contributed by atoms with Gasteiger partial charge in [0.05, 0.1) is 17.4 Å². The quantitative estimate of drug-likeness (QED) is 0.720. The standard InChI is InChI=1S/C15H22N2O2S/c1-12(2)18-10-4-7-16-8-6-15-17-13(11-20-15)14-5-3-9-19-14/h3,5,9,11-12,16H,4,6-8,10H2,1-2H3. The van der Waals surface area contributed by atoms with Crippen LogP contribution in [0.25, 0.3) is 11.5 Å². The number of aromatic nitrogens is 1. The molecule has 0 aliphatic heterocycles. The van der Waals surface area contributed by atoms with Gasteiger partial charge in [0.25, 0.3) is 0 Å². The number of nitrogens with zero attached hydrogens (tertiary/aromatic N) is 1. The maximum absolute atomic E-state index is 5.49. The lowest BCUT2D eigenvalue weighted by molar-refractivity contribution is 0.0771. The molecular formula is C15H22N2O2S. The Hall–Kier alpha value is -1.17. The molecule has 1 N–H and O–H groups in total. The van der Waals surface area contributed by atoms with E-state index in [1.807, 2.05) is 17.5 Å². The van der Waals surface area contributed by atoms with Gasteiger partial charge in [-0.15, -0.1) is 11.3 Å². The highest BCUT2D eigenvalue weighted by Gasteiger charge is 2.06. The molecule has 0 aliphatic carbocycles. The monoisotopic (exact) mass is 294 g/mol. The van der Waals surface area contributed by atoms with Crippen molar-refractivity contribution in [2.24, 2.45) is 0 Å². The Morgan fingerprint density at radius 3 is 3.05 bits per heavy atom. The van der Waals surface area contributed by atoms with E-state index in [4.69, 9.17) is 9.15 Å². The van der Waals surface area contributed by atoms with E-state index in [9.17, 15) is 0 Å². The van der Waals surface area contributed by atoms with Crippen molar-refractivity contribution in [1.29, 1.82) is 0 Å². The highest BCUT2D eigenvalue weighted by atomic mass is 32.1. The highest BCUT2D eigenvalue weighted by Crippen LogP contribution is 2.22. The molecular weight excluding hydrogens is 272 g/mol. The Balaban J connectivity index is 1.60. The molecule has 20 heavy (non-hydrogen) atoms. The van der Waals surface area contributed by atoms with E-state index in [1.54, 1.807) is 17.6 Å². The maximum Gasteiger partial charge on any atom is 0.153 e. The average Bonchev–Trinajstić information content (AvgIpc) is 3.08.